The molecular formula is C21H27Cl2N3O2. The maximum atomic E-state index is 6.31. The number of hydrogen-bond donors (Lipinski definition) is 1. The number of ether oxygens (including phenoxy) is 2. The van der Waals surface area contributed by atoms with Crippen LogP contribution in [0.1, 0.15) is 23.9 Å². The van der Waals surface area contributed by atoms with E-state index in [1.165, 1.54) is 0 Å². The van der Waals surface area contributed by atoms with Crippen molar-refractivity contribution in [2.75, 3.05) is 32.8 Å². The van der Waals surface area contributed by atoms with E-state index in [1.54, 1.807) is 20.3 Å². The van der Waals surface area contributed by atoms with Crippen LogP contribution in [-0.2, 0) is 9.47 Å². The second-order valence-corrected chi connectivity index (χ2v) is 7.72. The lowest BCUT2D eigenvalue weighted by molar-refractivity contribution is 0.126. The third-order valence-corrected chi connectivity index (χ3v) is 4.51. The number of allylic oxidation sites excluding steroid dienone is 5. The second-order valence-electron chi connectivity index (χ2n) is 6.66. The third kappa shape index (κ3) is 5.39. The normalized spacial score (nSPS) is 12.9. The molecule has 5 nitrogen and oxygen atoms in total. The molecule has 0 bridgehead atoms. The summed E-state index contributed by atoms with van der Waals surface area (Å²) in [6.07, 6.45) is 3.66. The van der Waals surface area contributed by atoms with Gasteiger partial charge in [-0.3, -0.25) is 0 Å². The second kappa shape index (κ2) is 10.1. The highest BCUT2D eigenvalue weighted by molar-refractivity contribution is 6.36. The molecule has 0 unspecified atom stereocenters. The fourth-order valence-electron chi connectivity index (χ4n) is 3.08. The molecule has 2 aromatic heterocycles. The zero-order valence-corrected chi connectivity index (χ0v) is 18.5. The van der Waals surface area contributed by atoms with Crippen molar-refractivity contribution in [1.29, 1.82) is 0 Å². The Morgan fingerprint density at radius 2 is 1.86 bits per heavy atom. The smallest absolute Gasteiger partial charge is 0.0888 e. The molecule has 0 aliphatic heterocycles. The Hall–Kier alpha value is -1.79. The molecule has 0 spiro atoms. The van der Waals surface area contributed by atoms with Gasteiger partial charge in [0.15, 0.2) is 0 Å². The van der Waals surface area contributed by atoms with Crippen LogP contribution in [0.5, 0.6) is 0 Å². The van der Waals surface area contributed by atoms with Gasteiger partial charge in [-0.15, -0.1) is 0 Å². The molecule has 0 atom stereocenters. The van der Waals surface area contributed by atoms with Gasteiger partial charge < -0.3 is 14.8 Å². The SMILES string of the molecule is C=C(Cl)/C(=C\C=C(/C)Cl)c1c(C)cc2c(NC(COC)COC)cc(C)nn12. The van der Waals surface area contributed by atoms with Crippen LogP contribution in [0.4, 0.5) is 5.69 Å². The molecule has 7 heteroatoms. The minimum atomic E-state index is 0.0130. The molecule has 1 N–H and O–H groups in total. The van der Waals surface area contributed by atoms with Crippen LogP contribution >= 0.6 is 23.2 Å². The Morgan fingerprint density at radius 1 is 1.21 bits per heavy atom. The highest BCUT2D eigenvalue weighted by Crippen LogP contribution is 2.32. The molecular weight excluding hydrogens is 397 g/mol. The summed E-state index contributed by atoms with van der Waals surface area (Å²) in [7, 11) is 3.35. The monoisotopic (exact) mass is 423 g/mol. The van der Waals surface area contributed by atoms with Crippen LogP contribution in [0.2, 0.25) is 0 Å². The number of aromatic nitrogens is 2. The first kappa shape index (κ1) is 22.5. The van der Waals surface area contributed by atoms with Crippen LogP contribution in [0.3, 0.4) is 0 Å². The predicted molar refractivity (Wildman–Crippen MR) is 118 cm³/mol. The maximum absolute atomic E-state index is 6.31. The maximum Gasteiger partial charge on any atom is 0.0888 e. The summed E-state index contributed by atoms with van der Waals surface area (Å²) >= 11 is 12.3. The number of hydrogen-bond acceptors (Lipinski definition) is 4. The van der Waals surface area contributed by atoms with Gasteiger partial charge in [-0.25, -0.2) is 4.52 Å². The lowest BCUT2D eigenvalue weighted by Gasteiger charge is -2.19. The summed E-state index contributed by atoms with van der Waals surface area (Å²) in [6.45, 7) is 10.8. The number of aryl methyl sites for hydroxylation is 2. The van der Waals surface area contributed by atoms with E-state index in [0.29, 0.717) is 23.3 Å². The molecule has 2 aromatic rings. The zero-order chi connectivity index (χ0) is 20.8. The topological polar surface area (TPSA) is 47.8 Å². The minimum absolute atomic E-state index is 0.0130. The standard InChI is InChI=1S/C21H27Cl2N3O2/c1-13-9-20-19(24-17(11-27-5)12-28-6)10-15(3)25-26(20)21(13)18(16(4)23)8-7-14(2)22/h7-10,17,24H,4,11-12H2,1-3,5-6H3/b14-7+,18-8+. The summed E-state index contributed by atoms with van der Waals surface area (Å²) < 4.78 is 12.5. The molecule has 0 saturated carbocycles. The number of halogens is 2. The fourth-order valence-corrected chi connectivity index (χ4v) is 3.29. The number of nitrogens with one attached hydrogen (secondary N) is 1. The average molecular weight is 424 g/mol. The quantitative estimate of drug-likeness (QED) is 0.555. The highest BCUT2D eigenvalue weighted by Gasteiger charge is 2.18. The summed E-state index contributed by atoms with van der Waals surface area (Å²) in [5.74, 6) is 0. The van der Waals surface area contributed by atoms with Gasteiger partial charge in [0.25, 0.3) is 0 Å². The van der Waals surface area contributed by atoms with E-state index >= 15 is 0 Å². The molecule has 0 fully saturated rings. The van der Waals surface area contributed by atoms with Crippen LogP contribution < -0.4 is 5.32 Å². The van der Waals surface area contributed by atoms with Gasteiger partial charge in [-0.1, -0.05) is 35.9 Å². The van der Waals surface area contributed by atoms with E-state index < -0.39 is 0 Å². The molecule has 0 aromatic carbocycles. The summed E-state index contributed by atoms with van der Waals surface area (Å²) in [5.41, 5.74) is 5.43. The van der Waals surface area contributed by atoms with Crippen molar-refractivity contribution >= 4 is 40.0 Å². The van der Waals surface area contributed by atoms with E-state index in [4.69, 9.17) is 37.8 Å². The Balaban J connectivity index is 2.64. The molecule has 0 amide bonds. The van der Waals surface area contributed by atoms with E-state index in [1.807, 2.05) is 37.4 Å². The van der Waals surface area contributed by atoms with Crippen molar-refractivity contribution in [3.05, 3.63) is 57.9 Å². The predicted octanol–water partition coefficient (Wildman–Crippen LogP) is 5.30. The van der Waals surface area contributed by atoms with E-state index in [9.17, 15) is 0 Å². The van der Waals surface area contributed by atoms with Gasteiger partial charge in [0.1, 0.15) is 0 Å². The van der Waals surface area contributed by atoms with Crippen LogP contribution in [-0.4, -0.2) is 43.1 Å². The van der Waals surface area contributed by atoms with Gasteiger partial charge in [-0.2, -0.15) is 5.10 Å². The Labute approximate surface area is 176 Å². The molecule has 0 radical (unpaired) electrons. The van der Waals surface area contributed by atoms with Gasteiger partial charge in [0.2, 0.25) is 0 Å². The van der Waals surface area contributed by atoms with Gasteiger partial charge in [0.05, 0.1) is 41.8 Å². The van der Waals surface area contributed by atoms with Gasteiger partial charge in [-0.05, 0) is 44.5 Å². The molecule has 2 heterocycles. The zero-order valence-electron chi connectivity index (χ0n) is 17.0. The largest absolute Gasteiger partial charge is 0.382 e. The first-order chi connectivity index (χ1) is 13.3. The van der Waals surface area contributed by atoms with Crippen LogP contribution in [0.25, 0.3) is 11.1 Å². The van der Waals surface area contributed by atoms with E-state index in [0.717, 1.165) is 33.7 Å². The van der Waals surface area contributed by atoms with E-state index in [-0.39, 0.29) is 6.04 Å². The first-order valence-electron chi connectivity index (χ1n) is 8.92. The molecule has 28 heavy (non-hydrogen) atoms. The lowest BCUT2D eigenvalue weighted by atomic mass is 10.1. The minimum Gasteiger partial charge on any atom is -0.382 e. The average Bonchev–Trinajstić information content (AvgIpc) is 2.91. The van der Waals surface area contributed by atoms with Gasteiger partial charge >= 0.3 is 0 Å². The molecule has 0 saturated heterocycles. The lowest BCUT2D eigenvalue weighted by Crippen LogP contribution is -2.30. The molecule has 2 rings (SSSR count). The van der Waals surface area contributed by atoms with Crippen molar-refractivity contribution in [3.8, 4) is 0 Å². The number of fused-ring (bicyclic) bond motifs is 1. The number of anilines is 1. The van der Waals surface area contributed by atoms with Gasteiger partial charge in [0, 0.05) is 29.9 Å². The number of rotatable bonds is 9. The van der Waals surface area contributed by atoms with Crippen molar-refractivity contribution in [2.45, 2.75) is 26.8 Å². The summed E-state index contributed by atoms with van der Waals surface area (Å²) in [4.78, 5) is 0. The van der Waals surface area contributed by atoms with E-state index in [2.05, 4.69) is 18.0 Å². The summed E-state index contributed by atoms with van der Waals surface area (Å²) in [6, 6.07) is 4.10. The van der Waals surface area contributed by atoms with Crippen molar-refractivity contribution in [3.63, 3.8) is 0 Å². The van der Waals surface area contributed by atoms with Crippen LogP contribution in [0, 0.1) is 13.8 Å². The van der Waals surface area contributed by atoms with Crippen molar-refractivity contribution < 1.29 is 9.47 Å². The highest BCUT2D eigenvalue weighted by atomic mass is 35.5. The van der Waals surface area contributed by atoms with Crippen molar-refractivity contribution in [1.82, 2.24) is 9.61 Å². The molecule has 0 aliphatic rings. The van der Waals surface area contributed by atoms with Crippen LogP contribution in [0.15, 0.2) is 40.9 Å². The first-order valence-corrected chi connectivity index (χ1v) is 9.67. The Bertz CT molecular complexity index is 906. The van der Waals surface area contributed by atoms with Crippen molar-refractivity contribution in [2.24, 2.45) is 0 Å². The Morgan fingerprint density at radius 3 is 2.39 bits per heavy atom. The number of nitrogens with zero attached hydrogens (tertiary/aromatic N) is 2. The molecule has 0 aliphatic carbocycles. The summed E-state index contributed by atoms with van der Waals surface area (Å²) in [5, 5.41) is 9.29. The Kier molecular flexibility index (Phi) is 8.13. The molecule has 152 valence electrons. The fraction of sp³-hybridized carbons (Fsp3) is 0.381. The number of methoxy groups -OCH3 is 2. The third-order valence-electron chi connectivity index (χ3n) is 4.18.